The number of aromatic nitrogens is 1. The topological polar surface area (TPSA) is 89.3 Å². The lowest BCUT2D eigenvalue weighted by Crippen LogP contribution is -2.42. The third-order valence-corrected chi connectivity index (χ3v) is 7.63. The lowest BCUT2D eigenvalue weighted by atomic mass is 9.96. The lowest BCUT2D eigenvalue weighted by Gasteiger charge is -2.27. The van der Waals surface area contributed by atoms with Crippen LogP contribution in [0.5, 0.6) is 0 Å². The van der Waals surface area contributed by atoms with Crippen LogP contribution in [0.25, 0.3) is 0 Å². The maximum Gasteiger partial charge on any atom is 0.279 e. The summed E-state index contributed by atoms with van der Waals surface area (Å²) in [6.45, 7) is 0.691. The fourth-order valence-electron chi connectivity index (χ4n) is 4.16. The Morgan fingerprint density at radius 2 is 2.22 bits per heavy atom. The van der Waals surface area contributed by atoms with Crippen molar-refractivity contribution in [3.8, 4) is 6.07 Å². The van der Waals surface area contributed by atoms with Crippen LogP contribution in [0.2, 0.25) is 0 Å². The molecule has 1 N–H and O–H groups in total. The van der Waals surface area contributed by atoms with Crippen molar-refractivity contribution in [3.63, 3.8) is 0 Å². The van der Waals surface area contributed by atoms with Crippen LogP contribution < -0.4 is 9.62 Å². The highest BCUT2D eigenvalue weighted by Gasteiger charge is 2.46. The Balaban J connectivity index is 1.65. The zero-order valence-electron chi connectivity index (χ0n) is 15.2. The first-order valence-electron chi connectivity index (χ1n) is 8.76. The van der Waals surface area contributed by atoms with E-state index < -0.39 is 10.2 Å². The Morgan fingerprint density at radius 1 is 1.41 bits per heavy atom. The third-order valence-electron chi connectivity index (χ3n) is 5.41. The number of benzene rings is 1. The molecule has 7 nitrogen and oxygen atoms in total. The van der Waals surface area contributed by atoms with Crippen LogP contribution >= 0.6 is 11.3 Å². The number of nitrogens with zero attached hydrogens (tertiary/aromatic N) is 4. The molecule has 0 spiro atoms. The number of anilines is 1. The summed E-state index contributed by atoms with van der Waals surface area (Å²) in [6, 6.07) is 8.11. The second kappa shape index (κ2) is 6.87. The van der Waals surface area contributed by atoms with Gasteiger partial charge in [-0.05, 0) is 36.6 Å². The molecule has 2 unspecified atom stereocenters. The van der Waals surface area contributed by atoms with Crippen molar-refractivity contribution in [2.24, 2.45) is 0 Å². The first-order valence-corrected chi connectivity index (χ1v) is 11.1. The molecule has 0 bridgehead atoms. The number of thiazole rings is 1. The van der Waals surface area contributed by atoms with Crippen LogP contribution in [-0.2, 0) is 16.8 Å². The van der Waals surface area contributed by atoms with E-state index >= 15 is 0 Å². The molecule has 1 fully saturated rings. The van der Waals surface area contributed by atoms with Crippen LogP contribution in [0.1, 0.15) is 35.6 Å². The van der Waals surface area contributed by atoms with Crippen molar-refractivity contribution in [3.05, 3.63) is 45.9 Å². The van der Waals surface area contributed by atoms with E-state index in [9.17, 15) is 13.7 Å². The molecule has 3 atom stereocenters. The second-order valence-electron chi connectivity index (χ2n) is 7.24. The fourth-order valence-corrected chi connectivity index (χ4v) is 5.53. The Morgan fingerprint density at radius 3 is 2.89 bits per heavy atom. The molecular formula is C18H21N5O2S2. The van der Waals surface area contributed by atoms with Crippen molar-refractivity contribution in [2.75, 3.05) is 19.0 Å². The molecule has 0 saturated heterocycles. The van der Waals surface area contributed by atoms with Gasteiger partial charge in [-0.25, -0.2) is 4.98 Å². The summed E-state index contributed by atoms with van der Waals surface area (Å²) in [7, 11) is -0.411. The molecule has 9 heteroatoms. The van der Waals surface area contributed by atoms with E-state index in [-0.39, 0.29) is 18.0 Å². The normalized spacial score (nSPS) is 24.1. The summed E-state index contributed by atoms with van der Waals surface area (Å²) >= 11 is 1.57. The quantitative estimate of drug-likeness (QED) is 0.825. The Labute approximate surface area is 163 Å². The molecule has 2 aliphatic rings. The van der Waals surface area contributed by atoms with E-state index in [4.69, 9.17) is 0 Å². The number of nitriles is 1. The van der Waals surface area contributed by atoms with Crippen molar-refractivity contribution >= 4 is 27.2 Å². The monoisotopic (exact) mass is 403 g/mol. The van der Waals surface area contributed by atoms with Gasteiger partial charge in [-0.3, -0.25) is 0 Å². The maximum atomic E-state index is 12.2. The Bertz CT molecular complexity index is 982. The molecule has 0 amide bonds. The van der Waals surface area contributed by atoms with Crippen LogP contribution in [-0.4, -0.2) is 43.9 Å². The molecule has 1 aliphatic heterocycles. The molecule has 2 aromatic rings. The zero-order chi connectivity index (χ0) is 19.2. The van der Waals surface area contributed by atoms with Gasteiger partial charge in [0.1, 0.15) is 0 Å². The standard InChI is InChI=1S/C18H21N5O2S2/c1-22(2)27(24,25)21-13-6-16-15-5-12(8-19)3-4-17(15)23(18(16)7-13)9-14-10-26-11-20-14/h3-5,10-11,13,16,18,21H,6-7,9H2,1-2H3/t13-,16?,18?/m1/s1. The van der Waals surface area contributed by atoms with Crippen LogP contribution in [0, 0.1) is 11.3 Å². The maximum absolute atomic E-state index is 12.2. The summed E-state index contributed by atoms with van der Waals surface area (Å²) in [5.41, 5.74) is 5.74. The Kier molecular flexibility index (Phi) is 4.68. The van der Waals surface area contributed by atoms with Crippen LogP contribution in [0.15, 0.2) is 29.1 Å². The van der Waals surface area contributed by atoms with Gasteiger partial charge in [0.2, 0.25) is 0 Å². The average Bonchev–Trinajstić information content (AvgIpc) is 3.33. The predicted molar refractivity (Wildman–Crippen MR) is 105 cm³/mol. The second-order valence-corrected chi connectivity index (χ2v) is 9.88. The molecule has 1 aliphatic carbocycles. The highest BCUT2D eigenvalue weighted by molar-refractivity contribution is 7.87. The van der Waals surface area contributed by atoms with Gasteiger partial charge >= 0.3 is 0 Å². The summed E-state index contributed by atoms with van der Waals surface area (Å²) in [5.74, 6) is 0.210. The van der Waals surface area contributed by atoms with Crippen molar-refractivity contribution in [1.29, 1.82) is 5.26 Å². The number of hydrogen-bond donors (Lipinski definition) is 1. The van der Waals surface area contributed by atoms with Gasteiger partial charge in [0.15, 0.2) is 0 Å². The minimum absolute atomic E-state index is 0.121. The van der Waals surface area contributed by atoms with Crippen molar-refractivity contribution < 1.29 is 8.42 Å². The molecule has 2 heterocycles. The first kappa shape index (κ1) is 18.4. The summed E-state index contributed by atoms with van der Waals surface area (Å²) in [4.78, 5) is 6.73. The van der Waals surface area contributed by atoms with E-state index in [0.29, 0.717) is 12.1 Å². The van der Waals surface area contributed by atoms with E-state index in [1.807, 2.05) is 29.1 Å². The van der Waals surface area contributed by atoms with Crippen molar-refractivity contribution in [1.82, 2.24) is 14.0 Å². The Hall–Kier alpha value is -1.99. The number of nitrogens with one attached hydrogen (secondary N) is 1. The van der Waals surface area contributed by atoms with Crippen LogP contribution in [0.3, 0.4) is 0 Å². The summed E-state index contributed by atoms with van der Waals surface area (Å²) in [5, 5.41) is 11.3. The molecule has 1 saturated carbocycles. The van der Waals surface area contributed by atoms with Gasteiger partial charge < -0.3 is 4.90 Å². The SMILES string of the molecule is CN(C)S(=O)(=O)N[C@@H]1CC2c3cc(C#N)ccc3N(Cc3cscn3)C2C1. The number of fused-ring (bicyclic) bond motifs is 3. The van der Waals surface area contributed by atoms with Gasteiger partial charge in [-0.15, -0.1) is 11.3 Å². The molecule has 27 heavy (non-hydrogen) atoms. The third kappa shape index (κ3) is 3.34. The highest BCUT2D eigenvalue weighted by atomic mass is 32.2. The molecule has 4 rings (SSSR count). The van der Waals surface area contributed by atoms with E-state index in [0.717, 1.165) is 29.8 Å². The molecule has 1 aromatic heterocycles. The molecular weight excluding hydrogens is 382 g/mol. The van der Waals surface area contributed by atoms with E-state index in [1.54, 1.807) is 11.3 Å². The lowest BCUT2D eigenvalue weighted by molar-refractivity contribution is 0.483. The molecule has 142 valence electrons. The number of rotatable bonds is 5. The van der Waals surface area contributed by atoms with E-state index in [1.165, 1.54) is 18.4 Å². The predicted octanol–water partition coefficient (Wildman–Crippen LogP) is 2.05. The van der Waals surface area contributed by atoms with E-state index in [2.05, 4.69) is 20.7 Å². The molecule has 0 radical (unpaired) electrons. The first-order chi connectivity index (χ1) is 12.9. The fraction of sp³-hybridized carbons (Fsp3) is 0.444. The largest absolute Gasteiger partial charge is 0.362 e. The highest BCUT2D eigenvalue weighted by Crippen LogP contribution is 2.50. The molecule has 1 aromatic carbocycles. The van der Waals surface area contributed by atoms with Gasteiger partial charge in [0.25, 0.3) is 10.2 Å². The summed E-state index contributed by atoms with van der Waals surface area (Å²) < 4.78 is 28.5. The minimum Gasteiger partial charge on any atom is -0.362 e. The average molecular weight is 404 g/mol. The van der Waals surface area contributed by atoms with Gasteiger partial charge in [0, 0.05) is 43.2 Å². The zero-order valence-corrected chi connectivity index (χ0v) is 16.8. The number of hydrogen-bond acceptors (Lipinski definition) is 6. The van der Waals surface area contributed by atoms with Crippen LogP contribution in [0.4, 0.5) is 5.69 Å². The van der Waals surface area contributed by atoms with Gasteiger partial charge in [-0.1, -0.05) is 0 Å². The van der Waals surface area contributed by atoms with Gasteiger partial charge in [0.05, 0.1) is 29.4 Å². The smallest absolute Gasteiger partial charge is 0.279 e. The van der Waals surface area contributed by atoms with Crippen molar-refractivity contribution in [2.45, 2.75) is 37.4 Å². The van der Waals surface area contributed by atoms with Gasteiger partial charge in [-0.2, -0.15) is 22.7 Å². The summed E-state index contributed by atoms with van der Waals surface area (Å²) in [6.07, 6.45) is 1.46. The minimum atomic E-state index is -3.47.